The Balaban J connectivity index is 1.89. The average molecular weight is 317 g/mol. The Labute approximate surface area is 125 Å². The summed E-state index contributed by atoms with van der Waals surface area (Å²) in [5.74, 6) is 0.470. The van der Waals surface area contributed by atoms with Crippen molar-refractivity contribution in [1.29, 1.82) is 0 Å². The summed E-state index contributed by atoms with van der Waals surface area (Å²) in [6.45, 7) is 2.36. The van der Waals surface area contributed by atoms with Crippen LogP contribution < -0.4 is 5.73 Å². The van der Waals surface area contributed by atoms with E-state index in [9.17, 15) is 8.42 Å². The molecule has 0 saturated carbocycles. The third kappa shape index (κ3) is 3.79. The molecule has 0 aliphatic carbocycles. The van der Waals surface area contributed by atoms with E-state index in [1.54, 1.807) is 22.7 Å². The minimum atomic E-state index is -3.32. The van der Waals surface area contributed by atoms with Crippen LogP contribution in [-0.4, -0.2) is 50.3 Å². The van der Waals surface area contributed by atoms with Crippen LogP contribution in [0, 0.1) is 5.92 Å². The average Bonchev–Trinajstić information content (AvgIpc) is 2.98. The van der Waals surface area contributed by atoms with Crippen LogP contribution in [0.1, 0.15) is 17.7 Å². The van der Waals surface area contributed by atoms with Crippen LogP contribution >= 0.6 is 11.3 Å². The molecule has 1 aliphatic rings. The first-order valence-corrected chi connectivity index (χ1v) is 9.25. The zero-order valence-corrected chi connectivity index (χ0v) is 13.5. The summed E-state index contributed by atoms with van der Waals surface area (Å²) >= 11 is 1.67. The zero-order chi connectivity index (χ0) is 14.6. The van der Waals surface area contributed by atoms with Gasteiger partial charge in [-0.1, -0.05) is 6.07 Å². The molecule has 1 aromatic rings. The topological polar surface area (TPSA) is 66.6 Å². The molecule has 2 heterocycles. The van der Waals surface area contributed by atoms with Gasteiger partial charge in [0.1, 0.15) is 0 Å². The van der Waals surface area contributed by atoms with Crippen molar-refractivity contribution in [3.63, 3.8) is 0 Å². The highest BCUT2D eigenvalue weighted by Gasteiger charge is 2.30. The molecule has 0 amide bonds. The highest BCUT2D eigenvalue weighted by atomic mass is 32.2. The second-order valence-electron chi connectivity index (χ2n) is 5.24. The van der Waals surface area contributed by atoms with Crippen molar-refractivity contribution >= 4 is 21.5 Å². The van der Waals surface area contributed by atoms with Gasteiger partial charge in [0, 0.05) is 31.6 Å². The Hall–Kier alpha value is -0.470. The lowest BCUT2D eigenvalue weighted by Gasteiger charge is -2.33. The fourth-order valence-electron chi connectivity index (χ4n) is 2.41. The fraction of sp³-hybridized carbons (Fsp3) is 0.692. The van der Waals surface area contributed by atoms with Crippen molar-refractivity contribution in [3.8, 4) is 0 Å². The van der Waals surface area contributed by atoms with Gasteiger partial charge >= 0.3 is 0 Å². The Morgan fingerprint density at radius 2 is 2.15 bits per heavy atom. The summed E-state index contributed by atoms with van der Waals surface area (Å²) in [5, 5.41) is 2.02. The van der Waals surface area contributed by atoms with Gasteiger partial charge in [0.05, 0.1) is 0 Å². The summed E-state index contributed by atoms with van der Waals surface area (Å²) in [5.41, 5.74) is 5.64. The van der Waals surface area contributed by atoms with Gasteiger partial charge in [-0.2, -0.15) is 17.0 Å². The van der Waals surface area contributed by atoms with Crippen molar-refractivity contribution in [2.75, 3.05) is 33.2 Å². The SMILES string of the molecule is CN(CCc1cccs1)S(=O)(=O)N1CCC(CN)CC1. The molecule has 1 saturated heterocycles. The summed E-state index contributed by atoms with van der Waals surface area (Å²) in [6.07, 6.45) is 2.51. The molecule has 20 heavy (non-hydrogen) atoms. The van der Waals surface area contributed by atoms with Gasteiger partial charge in [-0.05, 0) is 43.2 Å². The number of hydrogen-bond donors (Lipinski definition) is 1. The Bertz CT molecular complexity index is 494. The molecule has 1 aliphatic heterocycles. The molecule has 0 unspecified atom stereocenters. The number of nitrogens with zero attached hydrogens (tertiary/aromatic N) is 2. The molecule has 0 radical (unpaired) electrons. The first kappa shape index (κ1) is 15.9. The summed E-state index contributed by atoms with van der Waals surface area (Å²) in [6, 6.07) is 4.03. The third-order valence-electron chi connectivity index (χ3n) is 3.88. The van der Waals surface area contributed by atoms with Crippen LogP contribution in [-0.2, 0) is 16.6 Å². The van der Waals surface area contributed by atoms with Crippen LogP contribution in [0.15, 0.2) is 17.5 Å². The Morgan fingerprint density at radius 1 is 1.45 bits per heavy atom. The standard InChI is InChI=1S/C13H23N3O2S2/c1-15(7-6-13-3-2-10-19-13)20(17,18)16-8-4-12(11-14)5-9-16/h2-3,10,12H,4-9,11,14H2,1H3. The van der Waals surface area contributed by atoms with E-state index in [-0.39, 0.29) is 0 Å². The van der Waals surface area contributed by atoms with Crippen LogP contribution in [0.25, 0.3) is 0 Å². The van der Waals surface area contributed by atoms with Crippen molar-refractivity contribution < 1.29 is 8.42 Å². The van der Waals surface area contributed by atoms with Gasteiger partial charge in [0.15, 0.2) is 0 Å². The van der Waals surface area contributed by atoms with Gasteiger partial charge in [-0.3, -0.25) is 0 Å². The monoisotopic (exact) mass is 317 g/mol. The molecule has 5 nitrogen and oxygen atoms in total. The Kier molecular flexibility index (Phi) is 5.57. The maximum atomic E-state index is 12.5. The van der Waals surface area contributed by atoms with E-state index < -0.39 is 10.2 Å². The molecule has 2 N–H and O–H groups in total. The lowest BCUT2D eigenvalue weighted by Crippen LogP contribution is -2.46. The van der Waals surface area contributed by atoms with Crippen LogP contribution in [0.2, 0.25) is 0 Å². The zero-order valence-electron chi connectivity index (χ0n) is 11.9. The lowest BCUT2D eigenvalue weighted by molar-refractivity contribution is 0.263. The van der Waals surface area contributed by atoms with E-state index in [1.807, 2.05) is 17.5 Å². The molecule has 114 valence electrons. The van der Waals surface area contributed by atoms with Crippen molar-refractivity contribution in [2.45, 2.75) is 19.3 Å². The number of rotatable bonds is 6. The number of hydrogen-bond acceptors (Lipinski definition) is 4. The summed E-state index contributed by atoms with van der Waals surface area (Å²) < 4.78 is 28.0. The first-order chi connectivity index (χ1) is 9.54. The number of likely N-dealkylation sites (N-methyl/N-ethyl adjacent to an activating group) is 1. The first-order valence-electron chi connectivity index (χ1n) is 6.98. The molecule has 1 fully saturated rings. The molecule has 1 aromatic heterocycles. The highest BCUT2D eigenvalue weighted by molar-refractivity contribution is 7.86. The van der Waals surface area contributed by atoms with Crippen molar-refractivity contribution in [3.05, 3.63) is 22.4 Å². The van der Waals surface area contributed by atoms with E-state index >= 15 is 0 Å². The number of piperidine rings is 1. The van der Waals surface area contributed by atoms with Gasteiger partial charge in [-0.25, -0.2) is 0 Å². The fourth-order valence-corrected chi connectivity index (χ4v) is 4.50. The molecule has 0 bridgehead atoms. The van der Waals surface area contributed by atoms with Gasteiger partial charge in [0.2, 0.25) is 0 Å². The maximum Gasteiger partial charge on any atom is 0.281 e. The Morgan fingerprint density at radius 3 is 2.70 bits per heavy atom. The van der Waals surface area contributed by atoms with Gasteiger partial charge in [-0.15, -0.1) is 11.3 Å². The minimum absolute atomic E-state index is 0.470. The lowest BCUT2D eigenvalue weighted by atomic mass is 9.99. The summed E-state index contributed by atoms with van der Waals surface area (Å²) in [4.78, 5) is 1.22. The second-order valence-corrected chi connectivity index (χ2v) is 8.30. The van der Waals surface area contributed by atoms with E-state index in [2.05, 4.69) is 0 Å². The molecule has 7 heteroatoms. The van der Waals surface area contributed by atoms with E-state index in [0.717, 1.165) is 19.3 Å². The largest absolute Gasteiger partial charge is 0.330 e. The third-order valence-corrected chi connectivity index (χ3v) is 6.80. The van der Waals surface area contributed by atoms with Crippen molar-refractivity contribution in [1.82, 2.24) is 8.61 Å². The predicted molar refractivity (Wildman–Crippen MR) is 82.9 cm³/mol. The summed E-state index contributed by atoms with van der Waals surface area (Å²) in [7, 11) is -1.65. The number of nitrogens with two attached hydrogens (primary N) is 1. The quantitative estimate of drug-likeness (QED) is 0.855. The minimum Gasteiger partial charge on any atom is -0.330 e. The van der Waals surface area contributed by atoms with Crippen LogP contribution in [0.4, 0.5) is 0 Å². The molecular formula is C13H23N3O2S2. The number of thiophene rings is 1. The highest BCUT2D eigenvalue weighted by Crippen LogP contribution is 2.20. The van der Waals surface area contributed by atoms with E-state index in [1.165, 1.54) is 9.18 Å². The van der Waals surface area contributed by atoms with E-state index in [4.69, 9.17) is 5.73 Å². The van der Waals surface area contributed by atoms with Crippen molar-refractivity contribution in [2.24, 2.45) is 11.7 Å². The molecular weight excluding hydrogens is 294 g/mol. The van der Waals surface area contributed by atoms with Crippen LogP contribution in [0.3, 0.4) is 0 Å². The normalized spacial score (nSPS) is 18.8. The predicted octanol–water partition coefficient (Wildman–Crippen LogP) is 1.14. The second kappa shape index (κ2) is 7.00. The molecule has 0 spiro atoms. The smallest absolute Gasteiger partial charge is 0.281 e. The van der Waals surface area contributed by atoms with Gasteiger partial charge < -0.3 is 5.73 Å². The molecule has 0 atom stereocenters. The van der Waals surface area contributed by atoms with Gasteiger partial charge in [0.25, 0.3) is 10.2 Å². The van der Waals surface area contributed by atoms with Crippen LogP contribution in [0.5, 0.6) is 0 Å². The molecule has 0 aromatic carbocycles. The maximum absolute atomic E-state index is 12.5. The van der Waals surface area contributed by atoms with E-state index in [0.29, 0.717) is 32.1 Å². The molecule has 2 rings (SSSR count).